The van der Waals surface area contributed by atoms with Crippen LogP contribution in [0, 0.1) is 0 Å². The van der Waals surface area contributed by atoms with E-state index in [-0.39, 0.29) is 6.26 Å². The number of aliphatic hydroxyl groups is 1. The van der Waals surface area contributed by atoms with E-state index in [4.69, 9.17) is 5.11 Å². The second kappa shape index (κ2) is 5.47. The van der Waals surface area contributed by atoms with E-state index in [1.807, 2.05) is 0 Å². The number of aliphatic hydroxyl groups excluding tert-OH is 1. The average molecular weight is 306 g/mol. The van der Waals surface area contributed by atoms with E-state index < -0.39 is 43.2 Å². The average Bonchev–Trinajstić information content (AvgIpc) is 2.28. The second-order valence-electron chi connectivity index (χ2n) is 3.29. The maximum atomic E-state index is 12.8. The van der Waals surface area contributed by atoms with Gasteiger partial charge in [-0.05, 0) is 0 Å². The Kier molecular flexibility index (Phi) is 5.14. The predicted molar refractivity (Wildman–Crippen MR) is 43.1 cm³/mol. The highest BCUT2D eigenvalue weighted by atomic mass is 19.4. The summed E-state index contributed by atoms with van der Waals surface area (Å²) < 4.78 is 116. The zero-order valence-electron chi connectivity index (χ0n) is 8.83. The van der Waals surface area contributed by atoms with Gasteiger partial charge in [0.05, 0.1) is 0 Å². The number of ether oxygens (including phenoxy) is 1. The minimum absolute atomic E-state index is 0.160. The summed E-state index contributed by atoms with van der Waals surface area (Å²) >= 11 is 0. The molecule has 0 saturated heterocycles. The Labute approximate surface area is 100 Å². The molecule has 0 aromatic heterocycles. The van der Waals surface area contributed by atoms with Crippen molar-refractivity contribution in [1.29, 1.82) is 0 Å². The van der Waals surface area contributed by atoms with Gasteiger partial charge in [0.25, 0.3) is 0 Å². The standard InChI is InChI=1S/C8H7F9O2/c9-1-2-19-4-6(12,13)8(16,17)7(14,15)5(10,11)3-18/h1-2,18H,3-4H2. The quantitative estimate of drug-likeness (QED) is 0.579. The largest absolute Gasteiger partial charge is 0.492 e. The molecule has 0 rings (SSSR count). The van der Waals surface area contributed by atoms with E-state index >= 15 is 0 Å². The van der Waals surface area contributed by atoms with Crippen molar-refractivity contribution in [3.63, 3.8) is 0 Å². The van der Waals surface area contributed by atoms with Gasteiger partial charge in [-0.1, -0.05) is 0 Å². The van der Waals surface area contributed by atoms with Crippen molar-refractivity contribution >= 4 is 0 Å². The molecule has 114 valence electrons. The van der Waals surface area contributed by atoms with Crippen LogP contribution in [-0.2, 0) is 4.74 Å². The molecule has 0 unspecified atom stereocenters. The molecule has 2 nitrogen and oxygen atoms in total. The Morgan fingerprint density at radius 1 is 0.842 bits per heavy atom. The molecule has 0 aliphatic heterocycles. The first-order valence-electron chi connectivity index (χ1n) is 4.36. The van der Waals surface area contributed by atoms with Gasteiger partial charge in [-0.25, -0.2) is 4.39 Å². The van der Waals surface area contributed by atoms with Gasteiger partial charge in [-0.2, -0.15) is 35.1 Å². The number of rotatable bonds is 7. The van der Waals surface area contributed by atoms with E-state index in [2.05, 4.69) is 4.74 Å². The van der Waals surface area contributed by atoms with Crippen LogP contribution >= 0.6 is 0 Å². The molecule has 0 aliphatic carbocycles. The third-order valence-electron chi connectivity index (χ3n) is 1.92. The molecule has 1 N–H and O–H groups in total. The lowest BCUT2D eigenvalue weighted by Crippen LogP contribution is -2.64. The van der Waals surface area contributed by atoms with E-state index in [0.717, 1.165) is 0 Å². The van der Waals surface area contributed by atoms with Crippen molar-refractivity contribution < 1.29 is 49.4 Å². The van der Waals surface area contributed by atoms with E-state index in [9.17, 15) is 39.5 Å². The monoisotopic (exact) mass is 306 g/mol. The van der Waals surface area contributed by atoms with Gasteiger partial charge in [0.2, 0.25) is 0 Å². The van der Waals surface area contributed by atoms with Crippen LogP contribution in [0.2, 0.25) is 0 Å². The Balaban J connectivity index is 5.33. The van der Waals surface area contributed by atoms with Crippen LogP contribution in [0.15, 0.2) is 12.6 Å². The van der Waals surface area contributed by atoms with Crippen molar-refractivity contribution in [2.24, 2.45) is 0 Å². The molecule has 0 aromatic carbocycles. The summed E-state index contributed by atoms with van der Waals surface area (Å²) in [5, 5.41) is 7.87. The first-order valence-corrected chi connectivity index (χ1v) is 4.36. The van der Waals surface area contributed by atoms with Gasteiger partial charge >= 0.3 is 23.7 Å². The van der Waals surface area contributed by atoms with Gasteiger partial charge in [0.15, 0.2) is 6.61 Å². The Hall–Kier alpha value is -1.13. The Morgan fingerprint density at radius 2 is 1.26 bits per heavy atom. The molecule has 0 fully saturated rings. The smallest absolute Gasteiger partial charge is 0.381 e. The molecular weight excluding hydrogens is 299 g/mol. The fraction of sp³-hybridized carbons (Fsp3) is 0.750. The number of hydrogen-bond acceptors (Lipinski definition) is 2. The Morgan fingerprint density at radius 3 is 1.63 bits per heavy atom. The maximum absolute atomic E-state index is 12.8. The molecule has 0 radical (unpaired) electrons. The van der Waals surface area contributed by atoms with Gasteiger partial charge in [-0.3, -0.25) is 0 Å². The van der Waals surface area contributed by atoms with Crippen LogP contribution < -0.4 is 0 Å². The molecule has 11 heteroatoms. The van der Waals surface area contributed by atoms with Crippen LogP contribution in [0.3, 0.4) is 0 Å². The van der Waals surface area contributed by atoms with E-state index in [0.29, 0.717) is 0 Å². The van der Waals surface area contributed by atoms with Crippen molar-refractivity contribution in [3.05, 3.63) is 12.6 Å². The van der Waals surface area contributed by atoms with Crippen molar-refractivity contribution in [2.75, 3.05) is 13.2 Å². The highest BCUT2D eigenvalue weighted by Crippen LogP contribution is 2.52. The summed E-state index contributed by atoms with van der Waals surface area (Å²) in [6, 6.07) is 0. The number of hydrogen-bond donors (Lipinski definition) is 1. The highest BCUT2D eigenvalue weighted by Gasteiger charge is 2.80. The summed E-state index contributed by atoms with van der Waals surface area (Å²) in [5.74, 6) is -24.6. The van der Waals surface area contributed by atoms with Gasteiger partial charge < -0.3 is 9.84 Å². The molecule has 0 aliphatic rings. The third-order valence-corrected chi connectivity index (χ3v) is 1.92. The molecule has 0 heterocycles. The lowest BCUT2D eigenvalue weighted by atomic mass is 9.99. The summed E-state index contributed by atoms with van der Waals surface area (Å²) in [6.45, 7) is -5.23. The predicted octanol–water partition coefficient (Wildman–Crippen LogP) is 2.98. The van der Waals surface area contributed by atoms with Crippen LogP contribution in [0.25, 0.3) is 0 Å². The van der Waals surface area contributed by atoms with Gasteiger partial charge in [0.1, 0.15) is 19.2 Å². The SMILES string of the molecule is OCC(F)(F)C(F)(F)C(F)(F)C(F)(F)COC=CF. The zero-order valence-corrected chi connectivity index (χ0v) is 8.83. The normalized spacial score (nSPS) is 15.1. The molecule has 0 aromatic rings. The molecule has 0 spiro atoms. The summed E-state index contributed by atoms with van der Waals surface area (Å²) in [4.78, 5) is 0. The van der Waals surface area contributed by atoms with E-state index in [1.165, 1.54) is 0 Å². The third kappa shape index (κ3) is 3.07. The maximum Gasteiger partial charge on any atom is 0.381 e. The summed E-state index contributed by atoms with van der Waals surface area (Å²) in [5.41, 5.74) is 0. The lowest BCUT2D eigenvalue weighted by Gasteiger charge is -2.35. The highest BCUT2D eigenvalue weighted by molar-refractivity contribution is 5.03. The molecule has 0 bridgehead atoms. The fourth-order valence-corrected chi connectivity index (χ4v) is 0.838. The van der Waals surface area contributed by atoms with Crippen molar-refractivity contribution in [3.8, 4) is 0 Å². The van der Waals surface area contributed by atoms with Crippen LogP contribution in [0.1, 0.15) is 0 Å². The summed E-state index contributed by atoms with van der Waals surface area (Å²) in [7, 11) is 0. The van der Waals surface area contributed by atoms with Crippen LogP contribution in [0.5, 0.6) is 0 Å². The van der Waals surface area contributed by atoms with Crippen LogP contribution in [-0.4, -0.2) is 42.0 Å². The van der Waals surface area contributed by atoms with Crippen LogP contribution in [0.4, 0.5) is 39.5 Å². The molecule has 19 heavy (non-hydrogen) atoms. The molecule has 0 amide bonds. The Bertz CT molecular complexity index is 326. The minimum Gasteiger partial charge on any atom is -0.492 e. The number of alkyl halides is 8. The molecule has 0 saturated carbocycles. The first kappa shape index (κ1) is 17.9. The van der Waals surface area contributed by atoms with Crippen molar-refractivity contribution in [1.82, 2.24) is 0 Å². The molecule has 0 atom stereocenters. The first-order chi connectivity index (χ1) is 8.37. The van der Waals surface area contributed by atoms with E-state index in [1.54, 1.807) is 0 Å². The minimum atomic E-state index is -6.54. The molecular formula is C8H7F9O2. The summed E-state index contributed by atoms with van der Waals surface area (Å²) in [6.07, 6.45) is -0.666. The zero-order chi connectivity index (χ0) is 15.5. The van der Waals surface area contributed by atoms with Gasteiger partial charge in [-0.15, -0.1) is 0 Å². The number of halogens is 9. The van der Waals surface area contributed by atoms with Crippen molar-refractivity contribution in [2.45, 2.75) is 23.7 Å². The lowest BCUT2D eigenvalue weighted by molar-refractivity contribution is -0.374. The van der Waals surface area contributed by atoms with Gasteiger partial charge in [0, 0.05) is 0 Å². The fourth-order valence-electron chi connectivity index (χ4n) is 0.838. The second-order valence-corrected chi connectivity index (χ2v) is 3.29. The topological polar surface area (TPSA) is 29.5 Å².